The van der Waals surface area contributed by atoms with Crippen molar-refractivity contribution in [3.63, 3.8) is 0 Å². The van der Waals surface area contributed by atoms with Gasteiger partial charge >= 0.3 is 6.09 Å². The minimum Gasteiger partial charge on any atom is -0.447 e. The van der Waals surface area contributed by atoms with E-state index in [1.54, 1.807) is 24.7 Å². The molecule has 0 radical (unpaired) electrons. The molecule has 0 bridgehead atoms. The number of hydrogen-bond acceptors (Lipinski definition) is 3. The maximum absolute atomic E-state index is 11.9. The van der Waals surface area contributed by atoms with Crippen LogP contribution < -0.4 is 5.32 Å². The van der Waals surface area contributed by atoms with E-state index in [4.69, 9.17) is 4.74 Å². The van der Waals surface area contributed by atoms with Gasteiger partial charge < -0.3 is 9.30 Å². The molecule has 3 rings (SSSR count). The molecule has 3 aromatic rings. The molecule has 0 spiro atoms. The van der Waals surface area contributed by atoms with Gasteiger partial charge in [0.25, 0.3) is 0 Å². The lowest BCUT2D eigenvalue weighted by atomic mass is 10.3. The number of benzene rings is 1. The van der Waals surface area contributed by atoms with Crippen molar-refractivity contribution in [2.45, 2.75) is 20.0 Å². The van der Waals surface area contributed by atoms with E-state index < -0.39 is 6.09 Å². The normalized spacial score (nSPS) is 10.7. The Hall–Kier alpha value is -3.02. The highest BCUT2D eigenvalue weighted by Gasteiger charge is 2.17. The van der Waals surface area contributed by atoms with Crippen molar-refractivity contribution in [2.24, 2.45) is 0 Å². The molecule has 2 aromatic heterocycles. The number of aromatic nitrogens is 3. The summed E-state index contributed by atoms with van der Waals surface area (Å²) in [6.07, 6.45) is 4.73. The minimum atomic E-state index is -0.499. The maximum atomic E-state index is 11.9. The van der Waals surface area contributed by atoms with E-state index in [-0.39, 0.29) is 6.10 Å². The number of para-hydroxylation sites is 1. The molecule has 1 aromatic carbocycles. The van der Waals surface area contributed by atoms with Gasteiger partial charge in [0.2, 0.25) is 0 Å². The lowest BCUT2D eigenvalue weighted by Crippen LogP contribution is -2.19. The number of hydrogen-bond donors (Lipinski definition) is 1. The van der Waals surface area contributed by atoms with Crippen molar-refractivity contribution in [3.05, 3.63) is 61.1 Å². The highest BCUT2D eigenvalue weighted by Crippen LogP contribution is 2.24. The van der Waals surface area contributed by atoms with Crippen molar-refractivity contribution >= 4 is 11.8 Å². The second-order valence-corrected chi connectivity index (χ2v) is 5.30. The van der Waals surface area contributed by atoms with E-state index in [1.165, 1.54) is 0 Å². The Kier molecular flexibility index (Phi) is 4.14. The average molecular weight is 310 g/mol. The topological polar surface area (TPSA) is 61.1 Å². The molecule has 6 heteroatoms. The third-order valence-corrected chi connectivity index (χ3v) is 3.17. The summed E-state index contributed by atoms with van der Waals surface area (Å²) in [7, 11) is 0. The van der Waals surface area contributed by atoms with E-state index in [0.717, 1.165) is 11.5 Å². The molecule has 0 saturated heterocycles. The zero-order valence-electron chi connectivity index (χ0n) is 13.0. The predicted octanol–water partition coefficient (Wildman–Crippen LogP) is 3.62. The molecule has 0 saturated carbocycles. The first-order chi connectivity index (χ1) is 11.1. The van der Waals surface area contributed by atoms with E-state index in [1.807, 2.05) is 59.4 Å². The molecule has 0 aliphatic heterocycles. The van der Waals surface area contributed by atoms with Crippen molar-refractivity contribution in [1.82, 2.24) is 14.3 Å². The molecule has 118 valence electrons. The van der Waals surface area contributed by atoms with Gasteiger partial charge in [-0.2, -0.15) is 5.10 Å². The zero-order valence-corrected chi connectivity index (χ0v) is 13.0. The Morgan fingerprint density at radius 2 is 1.83 bits per heavy atom. The smallest absolute Gasteiger partial charge is 0.412 e. The lowest BCUT2D eigenvalue weighted by Gasteiger charge is -2.12. The molecule has 0 aliphatic rings. The number of rotatable bonds is 4. The molecular formula is C17H18N4O2. The molecule has 0 fully saturated rings. The fraction of sp³-hybridized carbons (Fsp3) is 0.176. The van der Waals surface area contributed by atoms with Crippen molar-refractivity contribution < 1.29 is 9.53 Å². The molecule has 6 nitrogen and oxygen atoms in total. The van der Waals surface area contributed by atoms with E-state index in [9.17, 15) is 4.79 Å². The maximum Gasteiger partial charge on any atom is 0.412 e. The molecule has 23 heavy (non-hydrogen) atoms. The average Bonchev–Trinajstić information content (AvgIpc) is 3.16. The first-order valence-electron chi connectivity index (χ1n) is 7.39. The molecule has 0 atom stereocenters. The van der Waals surface area contributed by atoms with Gasteiger partial charge in [0.1, 0.15) is 5.69 Å². The molecule has 0 unspecified atom stereocenters. The van der Waals surface area contributed by atoms with Crippen LogP contribution >= 0.6 is 0 Å². The predicted molar refractivity (Wildman–Crippen MR) is 88.1 cm³/mol. The highest BCUT2D eigenvalue weighted by molar-refractivity contribution is 5.87. The highest BCUT2D eigenvalue weighted by atomic mass is 16.6. The van der Waals surface area contributed by atoms with Crippen LogP contribution in [0.5, 0.6) is 0 Å². The van der Waals surface area contributed by atoms with E-state index in [0.29, 0.717) is 5.69 Å². The summed E-state index contributed by atoms with van der Waals surface area (Å²) in [5.41, 5.74) is 1.48. The van der Waals surface area contributed by atoms with Crippen LogP contribution in [-0.4, -0.2) is 26.5 Å². The van der Waals surface area contributed by atoms with Crippen LogP contribution in [0.25, 0.3) is 11.5 Å². The molecule has 1 N–H and O–H groups in total. The van der Waals surface area contributed by atoms with Crippen LogP contribution in [-0.2, 0) is 4.74 Å². The fourth-order valence-electron chi connectivity index (χ4n) is 2.27. The second-order valence-electron chi connectivity index (χ2n) is 5.30. The van der Waals surface area contributed by atoms with Crippen molar-refractivity contribution in [2.75, 3.05) is 5.32 Å². The van der Waals surface area contributed by atoms with E-state index in [2.05, 4.69) is 10.4 Å². The minimum absolute atomic E-state index is 0.186. The molecule has 0 aliphatic carbocycles. The van der Waals surface area contributed by atoms with Crippen LogP contribution in [0, 0.1) is 0 Å². The summed E-state index contributed by atoms with van der Waals surface area (Å²) in [6, 6.07) is 13.6. The van der Waals surface area contributed by atoms with Gasteiger partial charge in [0.05, 0.1) is 18.0 Å². The van der Waals surface area contributed by atoms with Gasteiger partial charge in [0, 0.05) is 12.4 Å². The Morgan fingerprint density at radius 1 is 1.13 bits per heavy atom. The second kappa shape index (κ2) is 6.39. The Bertz CT molecular complexity index is 776. The van der Waals surface area contributed by atoms with Crippen LogP contribution in [0.2, 0.25) is 0 Å². The summed E-state index contributed by atoms with van der Waals surface area (Å²) in [6.45, 7) is 3.61. The Labute approximate surface area is 134 Å². The van der Waals surface area contributed by atoms with Crippen molar-refractivity contribution in [1.29, 1.82) is 0 Å². The fourth-order valence-corrected chi connectivity index (χ4v) is 2.27. The van der Waals surface area contributed by atoms with Gasteiger partial charge in [-0.3, -0.25) is 5.32 Å². The van der Waals surface area contributed by atoms with Gasteiger partial charge in [-0.05, 0) is 38.1 Å². The standard InChI is InChI=1S/C17H18N4O2/c1-13(2)23-17(22)19-15-12-18-21(14-8-4-3-5-9-14)16(15)20-10-6-7-11-20/h3-13H,1-2H3,(H,19,22). The first kappa shape index (κ1) is 14.9. The summed E-state index contributed by atoms with van der Waals surface area (Å²) in [4.78, 5) is 11.9. The van der Waals surface area contributed by atoms with Gasteiger partial charge in [-0.15, -0.1) is 0 Å². The number of carbonyl (C=O) groups is 1. The summed E-state index contributed by atoms with van der Waals surface area (Å²) < 4.78 is 8.81. The molecule has 2 heterocycles. The first-order valence-corrected chi connectivity index (χ1v) is 7.39. The summed E-state index contributed by atoms with van der Waals surface area (Å²) >= 11 is 0. The SMILES string of the molecule is CC(C)OC(=O)Nc1cnn(-c2ccccc2)c1-n1cccc1. The number of carbonyl (C=O) groups excluding carboxylic acids is 1. The third-order valence-electron chi connectivity index (χ3n) is 3.17. The van der Waals surface area contributed by atoms with Crippen LogP contribution in [0.1, 0.15) is 13.8 Å². The number of nitrogens with zero attached hydrogens (tertiary/aromatic N) is 3. The van der Waals surface area contributed by atoms with Gasteiger partial charge in [0.15, 0.2) is 5.82 Å². The lowest BCUT2D eigenvalue weighted by molar-refractivity contribution is 0.130. The quantitative estimate of drug-likeness (QED) is 0.800. The summed E-state index contributed by atoms with van der Waals surface area (Å²) in [5, 5.41) is 7.16. The van der Waals surface area contributed by atoms with Gasteiger partial charge in [-0.1, -0.05) is 18.2 Å². The zero-order chi connectivity index (χ0) is 16.2. The van der Waals surface area contributed by atoms with Crippen LogP contribution in [0.4, 0.5) is 10.5 Å². The van der Waals surface area contributed by atoms with E-state index >= 15 is 0 Å². The molecular weight excluding hydrogens is 292 g/mol. The third kappa shape index (κ3) is 3.26. The van der Waals surface area contributed by atoms with Crippen LogP contribution in [0.15, 0.2) is 61.1 Å². The Morgan fingerprint density at radius 3 is 2.48 bits per heavy atom. The monoisotopic (exact) mass is 310 g/mol. The van der Waals surface area contributed by atoms with Crippen LogP contribution in [0.3, 0.4) is 0 Å². The Balaban J connectivity index is 2.01. The van der Waals surface area contributed by atoms with Crippen molar-refractivity contribution in [3.8, 4) is 11.5 Å². The number of nitrogens with one attached hydrogen (secondary N) is 1. The number of ether oxygens (including phenoxy) is 1. The number of amides is 1. The summed E-state index contributed by atoms with van der Waals surface area (Å²) in [5.74, 6) is 0.738. The number of anilines is 1. The molecule has 1 amide bonds. The van der Waals surface area contributed by atoms with Gasteiger partial charge in [-0.25, -0.2) is 9.48 Å². The largest absolute Gasteiger partial charge is 0.447 e.